The van der Waals surface area contributed by atoms with Gasteiger partial charge in [0.15, 0.2) is 5.60 Å². The second-order valence-corrected chi connectivity index (χ2v) is 7.43. The maximum atomic E-state index is 13.5. The second kappa shape index (κ2) is 7.79. The van der Waals surface area contributed by atoms with Crippen LogP contribution in [0.1, 0.15) is 24.8 Å². The highest BCUT2D eigenvalue weighted by molar-refractivity contribution is 6.00. The average molecular weight is 368 g/mol. The van der Waals surface area contributed by atoms with Gasteiger partial charge >= 0.3 is 0 Å². The average Bonchev–Trinajstić information content (AvgIpc) is 2.84. The summed E-state index contributed by atoms with van der Waals surface area (Å²) in [6.07, 6.45) is 2.69. The minimum absolute atomic E-state index is 0.0648. The van der Waals surface area contributed by atoms with Crippen LogP contribution in [0.15, 0.2) is 54.6 Å². The lowest BCUT2D eigenvalue weighted by molar-refractivity contribution is -0.158. The molecule has 2 saturated heterocycles. The number of amides is 1. The molecule has 142 valence electrons. The lowest BCUT2D eigenvalue weighted by Crippen LogP contribution is -2.59. The molecule has 5 heteroatoms. The molecule has 0 radical (unpaired) electrons. The van der Waals surface area contributed by atoms with Gasteiger partial charge in [0, 0.05) is 31.9 Å². The normalized spacial score (nSPS) is 24.2. The molecule has 2 aliphatic heterocycles. The van der Waals surface area contributed by atoms with Crippen molar-refractivity contribution in [3.63, 3.8) is 0 Å². The highest BCUT2D eigenvalue weighted by Gasteiger charge is 2.47. The van der Waals surface area contributed by atoms with Crippen LogP contribution in [-0.4, -0.2) is 42.6 Å². The number of carbonyl (C=O) groups excluding carboxylic acids is 1. The van der Waals surface area contributed by atoms with Crippen molar-refractivity contribution < 1.29 is 13.9 Å². The van der Waals surface area contributed by atoms with Gasteiger partial charge in [0.05, 0.1) is 6.61 Å². The lowest BCUT2D eigenvalue weighted by Gasteiger charge is -2.42. The predicted molar refractivity (Wildman–Crippen MR) is 103 cm³/mol. The van der Waals surface area contributed by atoms with E-state index in [0.29, 0.717) is 19.7 Å². The van der Waals surface area contributed by atoms with Crippen LogP contribution in [0.4, 0.5) is 10.1 Å². The van der Waals surface area contributed by atoms with E-state index in [2.05, 4.69) is 4.90 Å². The molecule has 4 rings (SSSR count). The van der Waals surface area contributed by atoms with E-state index in [1.165, 1.54) is 12.1 Å². The van der Waals surface area contributed by atoms with Crippen LogP contribution in [-0.2, 0) is 16.1 Å². The highest BCUT2D eigenvalue weighted by Crippen LogP contribution is 2.32. The Morgan fingerprint density at radius 3 is 2.56 bits per heavy atom. The van der Waals surface area contributed by atoms with Gasteiger partial charge in [0.1, 0.15) is 5.82 Å². The molecule has 27 heavy (non-hydrogen) atoms. The molecule has 2 heterocycles. The van der Waals surface area contributed by atoms with E-state index in [-0.39, 0.29) is 11.7 Å². The Bertz CT molecular complexity index is 781. The van der Waals surface area contributed by atoms with E-state index in [1.807, 2.05) is 47.4 Å². The summed E-state index contributed by atoms with van der Waals surface area (Å²) in [6, 6.07) is 16.4. The molecule has 0 saturated carbocycles. The van der Waals surface area contributed by atoms with Crippen molar-refractivity contribution in [2.24, 2.45) is 0 Å². The van der Waals surface area contributed by atoms with Gasteiger partial charge in [0.2, 0.25) is 0 Å². The summed E-state index contributed by atoms with van der Waals surface area (Å²) in [5, 5.41) is 0. The number of nitrogens with zero attached hydrogens (tertiary/aromatic N) is 2. The van der Waals surface area contributed by atoms with Crippen molar-refractivity contribution >= 4 is 11.6 Å². The Labute approximate surface area is 159 Å². The van der Waals surface area contributed by atoms with Crippen LogP contribution in [0.5, 0.6) is 0 Å². The van der Waals surface area contributed by atoms with Gasteiger partial charge in [-0.25, -0.2) is 4.39 Å². The minimum Gasteiger partial charge on any atom is -0.362 e. The number of hydrogen-bond donors (Lipinski definition) is 0. The van der Waals surface area contributed by atoms with Crippen molar-refractivity contribution in [2.45, 2.75) is 31.4 Å². The Kier molecular flexibility index (Phi) is 5.23. The maximum Gasteiger partial charge on any atom is 0.260 e. The number of halogens is 1. The first-order chi connectivity index (χ1) is 13.2. The lowest BCUT2D eigenvalue weighted by atomic mass is 9.93. The van der Waals surface area contributed by atoms with Crippen LogP contribution < -0.4 is 4.90 Å². The SMILES string of the molecule is O=C1N(c2ccccc2)CCCCC12CN(Cc1ccc(F)cc1)CCO2. The van der Waals surface area contributed by atoms with E-state index < -0.39 is 5.60 Å². The van der Waals surface area contributed by atoms with Gasteiger partial charge in [-0.15, -0.1) is 0 Å². The Hall–Kier alpha value is -2.24. The van der Waals surface area contributed by atoms with Gasteiger partial charge in [-0.3, -0.25) is 9.69 Å². The molecule has 1 spiro atoms. The maximum absolute atomic E-state index is 13.5. The van der Waals surface area contributed by atoms with Crippen LogP contribution >= 0.6 is 0 Å². The van der Waals surface area contributed by atoms with E-state index in [4.69, 9.17) is 4.74 Å². The fourth-order valence-electron chi connectivity index (χ4n) is 4.11. The number of ether oxygens (including phenoxy) is 1. The third kappa shape index (κ3) is 3.89. The molecular weight excluding hydrogens is 343 g/mol. The standard InChI is InChI=1S/C22H25FN2O2/c23-19-10-8-18(9-11-19)16-24-14-15-27-22(17-24)12-4-5-13-25(21(22)26)20-6-2-1-3-7-20/h1-3,6-11H,4-5,12-17H2. The quantitative estimate of drug-likeness (QED) is 0.830. The number of para-hydroxylation sites is 1. The summed E-state index contributed by atoms with van der Waals surface area (Å²) >= 11 is 0. The number of carbonyl (C=O) groups is 1. The van der Waals surface area contributed by atoms with Crippen molar-refractivity contribution in [3.05, 3.63) is 66.0 Å². The van der Waals surface area contributed by atoms with E-state index >= 15 is 0 Å². The summed E-state index contributed by atoms with van der Waals surface area (Å²) in [5.41, 5.74) is 1.20. The second-order valence-electron chi connectivity index (χ2n) is 7.43. The van der Waals surface area contributed by atoms with Gasteiger partial charge in [0.25, 0.3) is 5.91 Å². The fraction of sp³-hybridized carbons (Fsp3) is 0.409. The van der Waals surface area contributed by atoms with Gasteiger partial charge in [-0.1, -0.05) is 30.3 Å². The van der Waals surface area contributed by atoms with Crippen LogP contribution in [0.25, 0.3) is 0 Å². The van der Waals surface area contributed by atoms with Gasteiger partial charge in [-0.05, 0) is 49.1 Å². The van der Waals surface area contributed by atoms with E-state index in [0.717, 1.165) is 43.6 Å². The minimum atomic E-state index is -0.787. The van der Waals surface area contributed by atoms with Crippen LogP contribution in [0.2, 0.25) is 0 Å². The zero-order valence-corrected chi connectivity index (χ0v) is 15.4. The Morgan fingerprint density at radius 1 is 1.00 bits per heavy atom. The monoisotopic (exact) mass is 368 g/mol. The third-order valence-corrected chi connectivity index (χ3v) is 5.50. The molecule has 2 fully saturated rings. The topological polar surface area (TPSA) is 32.8 Å². The molecule has 2 aromatic rings. The first-order valence-electron chi connectivity index (χ1n) is 9.64. The number of hydrogen-bond acceptors (Lipinski definition) is 3. The van der Waals surface area contributed by atoms with Crippen LogP contribution in [0, 0.1) is 5.82 Å². The van der Waals surface area contributed by atoms with E-state index in [9.17, 15) is 9.18 Å². The zero-order chi connectivity index (χ0) is 18.7. The molecule has 2 aliphatic rings. The largest absolute Gasteiger partial charge is 0.362 e. The molecule has 1 amide bonds. The molecule has 0 N–H and O–H groups in total. The third-order valence-electron chi connectivity index (χ3n) is 5.50. The first-order valence-corrected chi connectivity index (χ1v) is 9.64. The highest BCUT2D eigenvalue weighted by atomic mass is 19.1. The van der Waals surface area contributed by atoms with Crippen LogP contribution in [0.3, 0.4) is 0 Å². The number of rotatable bonds is 3. The Balaban J connectivity index is 1.54. The summed E-state index contributed by atoms with van der Waals surface area (Å²) in [6.45, 7) is 3.32. The molecule has 1 unspecified atom stereocenters. The summed E-state index contributed by atoms with van der Waals surface area (Å²) < 4.78 is 19.3. The van der Waals surface area contributed by atoms with Gasteiger partial charge in [-0.2, -0.15) is 0 Å². The van der Waals surface area contributed by atoms with Crippen molar-refractivity contribution in [3.8, 4) is 0 Å². The number of anilines is 1. The molecule has 2 aromatic carbocycles. The van der Waals surface area contributed by atoms with Crippen molar-refractivity contribution in [1.82, 2.24) is 4.90 Å². The molecule has 0 bridgehead atoms. The summed E-state index contributed by atoms with van der Waals surface area (Å²) in [4.78, 5) is 17.6. The first kappa shape index (κ1) is 18.1. The molecule has 0 aliphatic carbocycles. The smallest absolute Gasteiger partial charge is 0.260 e. The Morgan fingerprint density at radius 2 is 1.78 bits per heavy atom. The van der Waals surface area contributed by atoms with Gasteiger partial charge < -0.3 is 9.64 Å². The van der Waals surface area contributed by atoms with Crippen molar-refractivity contribution in [2.75, 3.05) is 31.1 Å². The number of benzene rings is 2. The van der Waals surface area contributed by atoms with E-state index in [1.54, 1.807) is 0 Å². The molecule has 1 atom stereocenters. The summed E-state index contributed by atoms with van der Waals surface area (Å²) in [5.74, 6) is -0.162. The fourth-order valence-corrected chi connectivity index (χ4v) is 4.11. The predicted octanol–water partition coefficient (Wildman–Crippen LogP) is 3.61. The van der Waals surface area contributed by atoms with Crippen molar-refractivity contribution in [1.29, 1.82) is 0 Å². The summed E-state index contributed by atoms with van der Waals surface area (Å²) in [7, 11) is 0. The molecule has 0 aromatic heterocycles. The molecular formula is C22H25FN2O2. The number of morpholine rings is 1. The molecule has 4 nitrogen and oxygen atoms in total. The zero-order valence-electron chi connectivity index (χ0n) is 15.4.